The molecule has 9 heteroatoms. The number of carbonyl (C=O) groups excluding carboxylic acids is 4. The topological polar surface area (TPSA) is 105 Å². The molecule has 0 N–H and O–H groups in total. The van der Waals surface area contributed by atoms with E-state index in [0.29, 0.717) is 12.8 Å². The van der Waals surface area contributed by atoms with E-state index in [4.69, 9.17) is 18.9 Å². The summed E-state index contributed by atoms with van der Waals surface area (Å²) < 4.78 is 20.8. The lowest BCUT2D eigenvalue weighted by atomic mass is 9.78. The van der Waals surface area contributed by atoms with Crippen molar-refractivity contribution in [2.45, 2.75) is 68.7 Å². The number of esters is 4. The molecule has 3 aliphatic rings. The zero-order valence-corrected chi connectivity index (χ0v) is 19.4. The summed E-state index contributed by atoms with van der Waals surface area (Å²) in [5.74, 6) is -3.87. The van der Waals surface area contributed by atoms with Crippen molar-refractivity contribution in [2.75, 3.05) is 6.61 Å². The van der Waals surface area contributed by atoms with Gasteiger partial charge in [0.2, 0.25) is 0 Å². The number of carbonyl (C=O) groups is 4. The molecule has 7 unspecified atom stereocenters. The van der Waals surface area contributed by atoms with Gasteiger partial charge in [-0.3, -0.25) is 14.4 Å². The summed E-state index contributed by atoms with van der Waals surface area (Å²) >= 11 is 1.98. The molecule has 0 spiro atoms. The third kappa shape index (κ3) is 4.25. The number of hydrogen-bond acceptors (Lipinski definition) is 8. The van der Waals surface area contributed by atoms with Gasteiger partial charge in [-0.2, -0.15) is 0 Å². The van der Waals surface area contributed by atoms with E-state index in [9.17, 15) is 19.2 Å². The maximum absolute atomic E-state index is 12.7. The van der Waals surface area contributed by atoms with Crippen molar-refractivity contribution in [3.8, 4) is 0 Å². The number of fused-ring (bicyclic) bond motifs is 1. The molecule has 7 atom stereocenters. The van der Waals surface area contributed by atoms with E-state index >= 15 is 0 Å². The normalized spacial score (nSPS) is 34.3. The number of alkyl halides is 1. The van der Waals surface area contributed by atoms with Crippen LogP contribution in [0.3, 0.4) is 0 Å². The highest BCUT2D eigenvalue weighted by atomic mass is 127. The van der Waals surface area contributed by atoms with Crippen LogP contribution in [0.1, 0.15) is 47.5 Å². The van der Waals surface area contributed by atoms with Crippen molar-refractivity contribution in [3.05, 3.63) is 0 Å². The Bertz CT molecular complexity index is 724. The van der Waals surface area contributed by atoms with E-state index < -0.39 is 63.6 Å². The second kappa shape index (κ2) is 7.70. The van der Waals surface area contributed by atoms with Gasteiger partial charge in [-0.05, 0) is 40.5 Å². The van der Waals surface area contributed by atoms with Crippen LogP contribution in [0.4, 0.5) is 0 Å². The minimum atomic E-state index is -0.733. The van der Waals surface area contributed by atoms with E-state index in [0.717, 1.165) is 0 Å². The molecule has 1 saturated heterocycles. The lowest BCUT2D eigenvalue weighted by Crippen LogP contribution is -2.45. The van der Waals surface area contributed by atoms with Crippen molar-refractivity contribution in [1.82, 2.24) is 0 Å². The van der Waals surface area contributed by atoms with E-state index in [1.807, 2.05) is 29.5 Å². The molecule has 1 heterocycles. The fourth-order valence-corrected chi connectivity index (χ4v) is 4.60. The number of ether oxygens (including phenoxy) is 4. The first-order chi connectivity index (χ1) is 13.4. The van der Waals surface area contributed by atoms with E-state index in [2.05, 4.69) is 0 Å². The first kappa shape index (κ1) is 22.3. The molecular formula is C20H27IO8. The van der Waals surface area contributed by atoms with Crippen LogP contribution in [0.2, 0.25) is 0 Å². The van der Waals surface area contributed by atoms with Gasteiger partial charge in [0.25, 0.3) is 0 Å². The average Bonchev–Trinajstić information content (AvgIpc) is 3.21. The van der Waals surface area contributed by atoms with Gasteiger partial charge in [0.05, 0.1) is 11.8 Å². The van der Waals surface area contributed by atoms with Crippen molar-refractivity contribution in [1.29, 1.82) is 0 Å². The monoisotopic (exact) mass is 522 g/mol. The second-order valence-electron chi connectivity index (χ2n) is 9.13. The smallest absolute Gasteiger partial charge is 0.344 e. The molecule has 162 valence electrons. The van der Waals surface area contributed by atoms with Crippen molar-refractivity contribution in [3.63, 3.8) is 0 Å². The van der Waals surface area contributed by atoms with E-state index in [1.54, 1.807) is 27.7 Å². The predicted octanol–water partition coefficient (Wildman–Crippen LogP) is 2.19. The van der Waals surface area contributed by atoms with Crippen LogP contribution in [-0.4, -0.2) is 51.7 Å². The highest BCUT2D eigenvalue weighted by molar-refractivity contribution is 14.1. The lowest BCUT2D eigenvalue weighted by Gasteiger charge is -2.32. The molecule has 2 aliphatic carbocycles. The minimum Gasteiger partial charge on any atom is -0.460 e. The zero-order valence-electron chi connectivity index (χ0n) is 17.2. The molecule has 3 rings (SSSR count). The third-order valence-corrected chi connectivity index (χ3v) is 7.11. The number of rotatable bonds is 6. The largest absolute Gasteiger partial charge is 0.460 e. The van der Waals surface area contributed by atoms with Gasteiger partial charge in [0.1, 0.15) is 21.2 Å². The standard InChI is InChI=1S/C20H27IO8/c1-6-20(5,21)18(25)26-8-11(22)27-14-10-7-9-12(16(23)28-15(9)14)13(10)17(24)29-19(2,3)4/h9-10,12-15H,6-8H2,1-5H3. The predicted molar refractivity (Wildman–Crippen MR) is 108 cm³/mol. The summed E-state index contributed by atoms with van der Waals surface area (Å²) in [4.78, 5) is 49.4. The van der Waals surface area contributed by atoms with Crippen molar-refractivity contribution < 1.29 is 38.1 Å². The maximum atomic E-state index is 12.7. The first-order valence-corrected chi connectivity index (χ1v) is 10.9. The number of halogens is 1. The Labute approximate surface area is 183 Å². The third-order valence-electron chi connectivity index (χ3n) is 5.90. The summed E-state index contributed by atoms with van der Waals surface area (Å²) in [6, 6.07) is 0. The maximum Gasteiger partial charge on any atom is 0.344 e. The Morgan fingerprint density at radius 3 is 2.41 bits per heavy atom. The fourth-order valence-electron chi connectivity index (χ4n) is 4.44. The molecule has 2 saturated carbocycles. The van der Waals surface area contributed by atoms with Crippen LogP contribution in [0.5, 0.6) is 0 Å². The first-order valence-electron chi connectivity index (χ1n) is 9.84. The van der Waals surface area contributed by atoms with Gasteiger partial charge >= 0.3 is 23.9 Å². The Kier molecular flexibility index (Phi) is 5.92. The molecule has 2 bridgehead atoms. The van der Waals surface area contributed by atoms with Crippen LogP contribution in [0.15, 0.2) is 0 Å². The van der Waals surface area contributed by atoms with Gasteiger partial charge < -0.3 is 18.9 Å². The van der Waals surface area contributed by atoms with Gasteiger partial charge in [-0.15, -0.1) is 0 Å². The van der Waals surface area contributed by atoms with Crippen molar-refractivity contribution >= 4 is 46.5 Å². The van der Waals surface area contributed by atoms with Crippen molar-refractivity contribution in [2.24, 2.45) is 23.7 Å². The molecular weight excluding hydrogens is 495 g/mol. The second-order valence-corrected chi connectivity index (χ2v) is 11.5. The van der Waals surface area contributed by atoms with Crippen LogP contribution >= 0.6 is 22.6 Å². The van der Waals surface area contributed by atoms with E-state index in [1.165, 1.54) is 0 Å². The molecule has 3 fully saturated rings. The quantitative estimate of drug-likeness (QED) is 0.226. The molecule has 8 nitrogen and oxygen atoms in total. The molecule has 0 aromatic rings. The molecule has 1 aliphatic heterocycles. The van der Waals surface area contributed by atoms with Gasteiger partial charge in [0.15, 0.2) is 6.61 Å². The zero-order chi connectivity index (χ0) is 21.7. The molecule has 0 amide bonds. The Hall–Kier alpha value is -1.39. The number of hydrogen-bond donors (Lipinski definition) is 0. The van der Waals surface area contributed by atoms with Crippen LogP contribution in [-0.2, 0) is 38.1 Å². The summed E-state index contributed by atoms with van der Waals surface area (Å²) in [5, 5.41) is 0. The Morgan fingerprint density at radius 1 is 1.17 bits per heavy atom. The molecule has 0 aromatic heterocycles. The van der Waals surface area contributed by atoms with E-state index in [-0.39, 0.29) is 11.8 Å². The Balaban J connectivity index is 1.66. The van der Waals surface area contributed by atoms with Crippen LogP contribution in [0.25, 0.3) is 0 Å². The summed E-state index contributed by atoms with van der Waals surface area (Å²) in [6.45, 7) is 8.33. The van der Waals surface area contributed by atoms with Gasteiger partial charge in [-0.1, -0.05) is 29.5 Å². The molecule has 29 heavy (non-hydrogen) atoms. The fraction of sp³-hybridized carbons (Fsp3) is 0.800. The SMILES string of the molecule is CCC(C)(I)C(=O)OCC(=O)OC1C2CC3C1OC(=O)C3C2C(=O)OC(C)(C)C. The lowest BCUT2D eigenvalue weighted by molar-refractivity contribution is -0.175. The summed E-state index contributed by atoms with van der Waals surface area (Å²) in [5.41, 5.74) is -0.688. The minimum absolute atomic E-state index is 0.164. The highest BCUT2D eigenvalue weighted by Crippen LogP contribution is 2.59. The van der Waals surface area contributed by atoms with Gasteiger partial charge in [-0.25, -0.2) is 4.79 Å². The average molecular weight is 522 g/mol. The van der Waals surface area contributed by atoms with Crippen LogP contribution < -0.4 is 0 Å². The summed E-state index contributed by atoms with van der Waals surface area (Å²) in [7, 11) is 0. The highest BCUT2D eigenvalue weighted by Gasteiger charge is 2.70. The molecule has 0 radical (unpaired) electrons. The molecule has 0 aromatic carbocycles. The van der Waals surface area contributed by atoms with Gasteiger partial charge in [0, 0.05) is 11.8 Å². The Morgan fingerprint density at radius 2 is 1.83 bits per heavy atom. The summed E-state index contributed by atoms with van der Waals surface area (Å²) in [6.07, 6.45) is -0.167. The van der Waals surface area contributed by atoms with Crippen LogP contribution in [0, 0.1) is 23.7 Å².